The van der Waals surface area contributed by atoms with Crippen molar-refractivity contribution in [2.75, 3.05) is 20.8 Å². The Morgan fingerprint density at radius 1 is 0.857 bits per heavy atom. The summed E-state index contributed by atoms with van der Waals surface area (Å²) in [6, 6.07) is -1.11. The highest BCUT2D eigenvalue weighted by Gasteiger charge is 2.53. The molecule has 1 saturated carbocycles. The minimum Gasteiger partial charge on any atom is -0.460 e. The normalized spacial score (nSPS) is 40.1. The average molecular weight is 884 g/mol. The van der Waals surface area contributed by atoms with Gasteiger partial charge in [-0.1, -0.05) is 71.1 Å². The van der Waals surface area contributed by atoms with E-state index in [1.165, 1.54) is 12.0 Å². The lowest BCUT2D eigenvalue weighted by atomic mass is 9.79. The summed E-state index contributed by atoms with van der Waals surface area (Å²) in [6.07, 6.45) is 13.2. The number of ketones is 3. The van der Waals surface area contributed by atoms with Crippen LogP contribution in [0.4, 0.5) is 0 Å². The number of hydrogen-bond acceptors (Lipinski definition) is 12. The maximum atomic E-state index is 14.3. The maximum Gasteiger partial charge on any atom is 0.329 e. The lowest BCUT2D eigenvalue weighted by Gasteiger charge is -2.42. The molecule has 3 heterocycles. The van der Waals surface area contributed by atoms with Gasteiger partial charge in [-0.05, 0) is 113 Å². The highest BCUT2D eigenvalue weighted by Crippen LogP contribution is 2.37. The lowest BCUT2D eigenvalue weighted by Crippen LogP contribution is -2.61. The number of hydrogen-bond donors (Lipinski definition) is 3. The second kappa shape index (κ2) is 24.3. The van der Waals surface area contributed by atoms with E-state index >= 15 is 0 Å². The maximum absolute atomic E-state index is 14.3. The number of nitrogens with zero attached hydrogens (tertiary/aromatic N) is 1. The molecule has 63 heavy (non-hydrogen) atoms. The van der Waals surface area contributed by atoms with Gasteiger partial charge in [0.15, 0.2) is 5.78 Å². The van der Waals surface area contributed by atoms with Crippen molar-refractivity contribution in [1.29, 1.82) is 0 Å². The van der Waals surface area contributed by atoms with Crippen LogP contribution in [0.25, 0.3) is 0 Å². The number of aliphatic hydroxyl groups excluding tert-OH is 2. The van der Waals surface area contributed by atoms with Crippen LogP contribution in [0.1, 0.15) is 132 Å². The second-order valence-electron chi connectivity index (χ2n) is 19.2. The number of esters is 1. The Bertz CT molecular complexity index is 1690. The average Bonchev–Trinajstić information content (AvgIpc) is 3.26. The molecule has 0 unspecified atom stereocenters. The van der Waals surface area contributed by atoms with Gasteiger partial charge in [-0.25, -0.2) is 4.79 Å². The van der Waals surface area contributed by atoms with Crippen molar-refractivity contribution in [1.82, 2.24) is 4.90 Å². The molecular formula is C50H77NO12. The molecule has 13 heteroatoms. The third-order valence-corrected chi connectivity index (χ3v) is 14.1. The van der Waals surface area contributed by atoms with Crippen molar-refractivity contribution in [3.63, 3.8) is 0 Å². The quantitative estimate of drug-likeness (QED) is 0.154. The monoisotopic (exact) mass is 884 g/mol. The van der Waals surface area contributed by atoms with E-state index in [2.05, 4.69) is 0 Å². The molecule has 3 N–H and O–H groups in total. The summed E-state index contributed by atoms with van der Waals surface area (Å²) in [5.74, 6) is -7.60. The summed E-state index contributed by atoms with van der Waals surface area (Å²) in [4.78, 5) is 71.5. The van der Waals surface area contributed by atoms with Crippen molar-refractivity contribution in [3.05, 3.63) is 47.6 Å². The Labute approximate surface area is 375 Å². The van der Waals surface area contributed by atoms with Crippen LogP contribution in [0, 0.1) is 35.5 Å². The summed E-state index contributed by atoms with van der Waals surface area (Å²) < 4.78 is 23.8. The fraction of sp³-hybridized carbons (Fsp3) is 0.740. The SMILES string of the molecule is CO[C@H]1C[C@@H]2CC[C@@H](C)[C@@](O)(O2)C(=O)C(=O)N2CCCC[C@H]2C(=O)O[C@H]([C@H](C)C[C@H]2CC[C@H](O)CC2)CC(=O)[C@H](C)/C=C(\C)[C@@H](O)[C@@H](OC)C(=O)[C@H](C)C[C@H](C)/C=C/C=C/C=C/1C. The largest absolute Gasteiger partial charge is 0.460 e. The second-order valence-corrected chi connectivity index (χ2v) is 19.2. The predicted octanol–water partition coefficient (Wildman–Crippen LogP) is 6.56. The first-order valence-electron chi connectivity index (χ1n) is 23.4. The molecule has 0 radical (unpaired) electrons. The highest BCUT2D eigenvalue weighted by atomic mass is 16.6. The standard InChI is InChI=1S/C50H77NO12/c1-30-15-11-10-12-16-31(2)42(60-8)28-39-23-18-36(7)50(59,63-39)47(56)48(57)51-24-14-13-17-40(51)49(58)62-43(33(4)27-37-19-21-38(52)22-20-37)29-41(53)32(3)26-35(6)45(55)46(61-9)44(54)34(5)25-30/h10-12,15-16,26,30,32-34,36-40,42-43,45-46,52,55,59H,13-14,17-25,27-29H2,1-9H3/b12-10+,15-11+,31-16+,35-26+/t30-,32-,33-,34-,36-,37-,38-,39+,40+,42+,43+,45-,46+,50-/m1/s1. The fourth-order valence-electron chi connectivity index (χ4n) is 9.83. The van der Waals surface area contributed by atoms with Gasteiger partial charge >= 0.3 is 5.97 Å². The number of cyclic esters (lactones) is 1. The molecule has 13 nitrogen and oxygen atoms in total. The lowest BCUT2D eigenvalue weighted by molar-refractivity contribution is -0.265. The Morgan fingerprint density at radius 2 is 1.56 bits per heavy atom. The van der Waals surface area contributed by atoms with Gasteiger partial charge in [0.25, 0.3) is 11.7 Å². The van der Waals surface area contributed by atoms with Crippen LogP contribution in [0.3, 0.4) is 0 Å². The smallest absolute Gasteiger partial charge is 0.329 e. The number of carbonyl (C=O) groups excluding carboxylic acids is 5. The predicted molar refractivity (Wildman–Crippen MR) is 239 cm³/mol. The molecule has 3 fully saturated rings. The zero-order valence-corrected chi connectivity index (χ0v) is 39.3. The van der Waals surface area contributed by atoms with Gasteiger partial charge in [-0.15, -0.1) is 0 Å². The zero-order valence-electron chi connectivity index (χ0n) is 39.3. The van der Waals surface area contributed by atoms with Crippen molar-refractivity contribution in [2.45, 2.75) is 180 Å². The first kappa shape index (κ1) is 52.3. The van der Waals surface area contributed by atoms with Crippen molar-refractivity contribution in [3.8, 4) is 0 Å². The number of aliphatic hydroxyl groups is 3. The third kappa shape index (κ3) is 14.1. The van der Waals surface area contributed by atoms with E-state index in [1.807, 2.05) is 58.1 Å². The van der Waals surface area contributed by atoms with E-state index < -0.39 is 77.8 Å². The molecule has 0 aromatic heterocycles. The number of piperidine rings is 1. The first-order chi connectivity index (χ1) is 29.8. The van der Waals surface area contributed by atoms with Crippen LogP contribution in [-0.4, -0.2) is 119 Å². The molecule has 0 aromatic rings. The molecular weight excluding hydrogens is 807 g/mol. The number of allylic oxidation sites excluding steroid dienone is 6. The summed E-state index contributed by atoms with van der Waals surface area (Å²) in [5.41, 5.74) is 1.29. The molecule has 2 bridgehead atoms. The molecule has 0 aromatic carbocycles. The van der Waals surface area contributed by atoms with Gasteiger partial charge < -0.3 is 39.2 Å². The number of rotatable bonds is 5. The zero-order chi connectivity index (χ0) is 46.6. The topological polar surface area (TPSA) is 186 Å². The fourth-order valence-corrected chi connectivity index (χ4v) is 9.83. The van der Waals surface area contributed by atoms with E-state index in [9.17, 15) is 39.3 Å². The molecule has 1 amide bonds. The van der Waals surface area contributed by atoms with Crippen LogP contribution in [-0.2, 0) is 42.9 Å². The van der Waals surface area contributed by atoms with Crippen LogP contribution in [0.2, 0.25) is 0 Å². The molecule has 1 aliphatic carbocycles. The van der Waals surface area contributed by atoms with E-state index in [1.54, 1.807) is 34.0 Å². The first-order valence-corrected chi connectivity index (χ1v) is 23.4. The number of amides is 1. The van der Waals surface area contributed by atoms with Gasteiger partial charge in [0.2, 0.25) is 5.79 Å². The van der Waals surface area contributed by atoms with Crippen molar-refractivity contribution < 1.29 is 58.2 Å². The Balaban J connectivity index is 1.69. The van der Waals surface area contributed by atoms with Gasteiger partial charge in [0, 0.05) is 51.4 Å². The Hall–Kier alpha value is -3.33. The van der Waals surface area contributed by atoms with Crippen molar-refractivity contribution in [2.24, 2.45) is 35.5 Å². The molecule has 4 aliphatic rings. The number of fused-ring (bicyclic) bond motifs is 3. The summed E-state index contributed by atoms with van der Waals surface area (Å²) >= 11 is 0. The Kier molecular flexibility index (Phi) is 20.1. The van der Waals surface area contributed by atoms with Crippen LogP contribution in [0.15, 0.2) is 47.6 Å². The van der Waals surface area contributed by atoms with Gasteiger partial charge in [-0.2, -0.15) is 0 Å². The Morgan fingerprint density at radius 3 is 2.22 bits per heavy atom. The van der Waals surface area contributed by atoms with E-state index in [4.69, 9.17) is 18.9 Å². The number of carbonyl (C=O) groups is 5. The van der Waals surface area contributed by atoms with Crippen LogP contribution in [0.5, 0.6) is 0 Å². The van der Waals surface area contributed by atoms with Gasteiger partial charge in [0.05, 0.1) is 18.3 Å². The van der Waals surface area contributed by atoms with E-state index in [0.717, 1.165) is 18.4 Å². The van der Waals surface area contributed by atoms with Gasteiger partial charge in [-0.3, -0.25) is 19.2 Å². The number of Topliss-reactive ketones (excluding diaryl/α,β-unsaturated/α-hetero) is 3. The summed E-state index contributed by atoms with van der Waals surface area (Å²) in [7, 11) is 2.96. The molecule has 2 saturated heterocycles. The summed E-state index contributed by atoms with van der Waals surface area (Å²) in [6.45, 7) is 12.8. The minimum atomic E-state index is -2.41. The number of methoxy groups -OCH3 is 2. The van der Waals surface area contributed by atoms with Crippen LogP contribution < -0.4 is 0 Å². The van der Waals surface area contributed by atoms with Crippen LogP contribution >= 0.6 is 0 Å². The van der Waals surface area contributed by atoms with Gasteiger partial charge in [0.1, 0.15) is 30.1 Å². The summed E-state index contributed by atoms with van der Waals surface area (Å²) in [5, 5.41) is 33.4. The highest BCUT2D eigenvalue weighted by molar-refractivity contribution is 6.39. The van der Waals surface area contributed by atoms with Crippen molar-refractivity contribution >= 4 is 29.2 Å². The van der Waals surface area contributed by atoms with E-state index in [-0.39, 0.29) is 54.8 Å². The molecule has 0 spiro atoms. The number of ether oxygens (including phenoxy) is 4. The van der Waals surface area contributed by atoms with E-state index in [0.29, 0.717) is 63.4 Å². The molecule has 12 atom stereocenters. The molecule has 354 valence electrons. The third-order valence-electron chi connectivity index (χ3n) is 14.1. The molecule has 4 rings (SSSR count). The minimum absolute atomic E-state index is 0.0273. The molecule has 3 aliphatic heterocycles.